The van der Waals surface area contributed by atoms with E-state index in [9.17, 15) is 4.79 Å². The van der Waals surface area contributed by atoms with E-state index in [4.69, 9.17) is 9.47 Å². The smallest absolute Gasteiger partial charge is 0.135 e. The Balaban J connectivity index is 3.08. The van der Waals surface area contributed by atoms with Gasteiger partial charge in [-0.05, 0) is 12.8 Å². The molecule has 0 aliphatic carbocycles. The van der Waals surface area contributed by atoms with Gasteiger partial charge >= 0.3 is 0 Å². The molecule has 0 amide bonds. The summed E-state index contributed by atoms with van der Waals surface area (Å²) in [6, 6.07) is 0. The molecule has 0 N–H and O–H groups in total. The van der Waals surface area contributed by atoms with Gasteiger partial charge in [-0.2, -0.15) is 0 Å². The Morgan fingerprint density at radius 2 is 1.80 bits per heavy atom. The number of unbranched alkanes of at least 4 members (excludes halogenated alkanes) is 2. The maximum atomic E-state index is 11.3. The first kappa shape index (κ1) is 14.6. The number of rotatable bonds is 10. The normalized spacial score (nSPS) is 10.9. The second-order valence-corrected chi connectivity index (χ2v) is 4.04. The van der Waals surface area contributed by atoms with E-state index in [0.29, 0.717) is 19.0 Å². The van der Waals surface area contributed by atoms with Crippen LogP contribution in [-0.4, -0.2) is 32.7 Å². The molecule has 0 spiro atoms. The molecule has 0 saturated heterocycles. The largest absolute Gasteiger partial charge is 0.382 e. The summed E-state index contributed by atoms with van der Waals surface area (Å²) in [5.74, 6) is 0.554. The van der Waals surface area contributed by atoms with Crippen LogP contribution in [0.4, 0.5) is 0 Å². The van der Waals surface area contributed by atoms with Crippen LogP contribution in [0.5, 0.6) is 0 Å². The fourth-order valence-corrected chi connectivity index (χ4v) is 1.21. The van der Waals surface area contributed by atoms with E-state index in [-0.39, 0.29) is 5.92 Å². The Bertz CT molecular complexity index is 155. The molecule has 0 bridgehead atoms. The molecule has 0 aliphatic heterocycles. The topological polar surface area (TPSA) is 35.5 Å². The number of Topliss-reactive ketones (excluding diaryl/α,β-unsaturated/α-hetero) is 1. The van der Waals surface area contributed by atoms with Crippen molar-refractivity contribution in [2.24, 2.45) is 5.92 Å². The first-order chi connectivity index (χ1) is 7.18. The third kappa shape index (κ3) is 9.88. The average Bonchev–Trinajstić information content (AvgIpc) is 2.21. The summed E-state index contributed by atoms with van der Waals surface area (Å²) in [7, 11) is 1.67. The summed E-state index contributed by atoms with van der Waals surface area (Å²) in [6.45, 7) is 6.01. The zero-order valence-corrected chi connectivity index (χ0v) is 10.3. The Morgan fingerprint density at radius 3 is 2.40 bits per heavy atom. The molecule has 0 rings (SSSR count). The quantitative estimate of drug-likeness (QED) is 0.526. The van der Waals surface area contributed by atoms with Gasteiger partial charge in [-0.1, -0.05) is 20.3 Å². The number of ether oxygens (including phenoxy) is 2. The second-order valence-electron chi connectivity index (χ2n) is 4.04. The lowest BCUT2D eigenvalue weighted by molar-refractivity contribution is -0.122. The van der Waals surface area contributed by atoms with Crippen LogP contribution in [0.3, 0.4) is 0 Å². The molecule has 0 aromatic rings. The molecular formula is C12H24O3. The van der Waals surface area contributed by atoms with Crippen LogP contribution in [0.25, 0.3) is 0 Å². The number of ketones is 1. The van der Waals surface area contributed by atoms with E-state index in [1.54, 1.807) is 7.11 Å². The predicted molar refractivity (Wildman–Crippen MR) is 61.0 cm³/mol. The van der Waals surface area contributed by atoms with Crippen LogP contribution >= 0.6 is 0 Å². The van der Waals surface area contributed by atoms with E-state index in [0.717, 1.165) is 32.3 Å². The van der Waals surface area contributed by atoms with Gasteiger partial charge in [0.1, 0.15) is 5.78 Å². The lowest BCUT2D eigenvalue weighted by Gasteiger charge is -2.04. The SMILES string of the molecule is COCCOCCCCCC(=O)C(C)C. The van der Waals surface area contributed by atoms with Gasteiger partial charge in [-0.25, -0.2) is 0 Å². The van der Waals surface area contributed by atoms with Crippen LogP contribution in [0.1, 0.15) is 39.5 Å². The third-order valence-corrected chi connectivity index (χ3v) is 2.29. The Kier molecular flexibility index (Phi) is 9.84. The standard InChI is InChI=1S/C12H24O3/c1-11(2)12(13)7-5-4-6-8-15-10-9-14-3/h11H,4-10H2,1-3H3. The molecule has 0 radical (unpaired) electrons. The molecule has 0 aromatic heterocycles. The van der Waals surface area contributed by atoms with Crippen molar-refractivity contribution in [1.82, 2.24) is 0 Å². The van der Waals surface area contributed by atoms with E-state index in [1.165, 1.54) is 0 Å². The van der Waals surface area contributed by atoms with E-state index < -0.39 is 0 Å². The van der Waals surface area contributed by atoms with Gasteiger partial charge in [-0.3, -0.25) is 4.79 Å². The zero-order valence-electron chi connectivity index (χ0n) is 10.3. The highest BCUT2D eigenvalue weighted by Crippen LogP contribution is 2.06. The zero-order chi connectivity index (χ0) is 11.5. The van der Waals surface area contributed by atoms with Crippen molar-refractivity contribution in [3.63, 3.8) is 0 Å². The van der Waals surface area contributed by atoms with Crippen molar-refractivity contribution in [2.75, 3.05) is 26.9 Å². The third-order valence-electron chi connectivity index (χ3n) is 2.29. The molecule has 0 atom stereocenters. The number of methoxy groups -OCH3 is 1. The number of hydrogen-bond donors (Lipinski definition) is 0. The summed E-state index contributed by atoms with van der Waals surface area (Å²) in [4.78, 5) is 11.3. The molecule has 0 fully saturated rings. The van der Waals surface area contributed by atoms with Crippen molar-refractivity contribution in [3.05, 3.63) is 0 Å². The lowest BCUT2D eigenvalue weighted by atomic mass is 10.0. The average molecular weight is 216 g/mol. The number of carbonyl (C=O) groups is 1. The van der Waals surface area contributed by atoms with Gasteiger partial charge in [0, 0.05) is 26.1 Å². The Morgan fingerprint density at radius 1 is 1.07 bits per heavy atom. The van der Waals surface area contributed by atoms with Crippen LogP contribution in [-0.2, 0) is 14.3 Å². The number of carbonyl (C=O) groups excluding carboxylic acids is 1. The number of hydrogen-bond acceptors (Lipinski definition) is 3. The molecule has 3 nitrogen and oxygen atoms in total. The van der Waals surface area contributed by atoms with Crippen LogP contribution < -0.4 is 0 Å². The molecule has 15 heavy (non-hydrogen) atoms. The molecule has 0 heterocycles. The maximum absolute atomic E-state index is 11.3. The van der Waals surface area contributed by atoms with Crippen molar-refractivity contribution >= 4 is 5.78 Å². The molecule has 0 saturated carbocycles. The van der Waals surface area contributed by atoms with Gasteiger partial charge in [-0.15, -0.1) is 0 Å². The fraction of sp³-hybridized carbons (Fsp3) is 0.917. The monoisotopic (exact) mass is 216 g/mol. The molecule has 0 aliphatic rings. The Labute approximate surface area is 93.1 Å². The lowest BCUT2D eigenvalue weighted by Crippen LogP contribution is -2.06. The maximum Gasteiger partial charge on any atom is 0.135 e. The summed E-state index contributed by atoms with van der Waals surface area (Å²) < 4.78 is 10.2. The van der Waals surface area contributed by atoms with E-state index >= 15 is 0 Å². The van der Waals surface area contributed by atoms with Gasteiger partial charge in [0.05, 0.1) is 13.2 Å². The van der Waals surface area contributed by atoms with Gasteiger partial charge in [0.2, 0.25) is 0 Å². The first-order valence-electron chi connectivity index (χ1n) is 5.78. The van der Waals surface area contributed by atoms with Crippen LogP contribution in [0, 0.1) is 5.92 Å². The highest BCUT2D eigenvalue weighted by Gasteiger charge is 2.05. The molecule has 0 aromatic carbocycles. The summed E-state index contributed by atoms with van der Waals surface area (Å²) in [5, 5.41) is 0. The fourth-order valence-electron chi connectivity index (χ4n) is 1.21. The summed E-state index contributed by atoms with van der Waals surface area (Å²) >= 11 is 0. The Hall–Kier alpha value is -0.410. The molecular weight excluding hydrogens is 192 g/mol. The van der Waals surface area contributed by atoms with Crippen LogP contribution in [0.2, 0.25) is 0 Å². The van der Waals surface area contributed by atoms with E-state index in [1.807, 2.05) is 13.8 Å². The van der Waals surface area contributed by atoms with E-state index in [2.05, 4.69) is 0 Å². The van der Waals surface area contributed by atoms with Crippen molar-refractivity contribution in [2.45, 2.75) is 39.5 Å². The van der Waals surface area contributed by atoms with Crippen LogP contribution in [0.15, 0.2) is 0 Å². The second kappa shape index (κ2) is 10.1. The van der Waals surface area contributed by atoms with Gasteiger partial charge in [0.25, 0.3) is 0 Å². The van der Waals surface area contributed by atoms with Gasteiger partial charge in [0.15, 0.2) is 0 Å². The molecule has 0 unspecified atom stereocenters. The van der Waals surface area contributed by atoms with Crippen molar-refractivity contribution in [3.8, 4) is 0 Å². The molecule has 3 heteroatoms. The molecule has 90 valence electrons. The minimum Gasteiger partial charge on any atom is -0.382 e. The highest BCUT2D eigenvalue weighted by atomic mass is 16.5. The minimum atomic E-state index is 0.183. The van der Waals surface area contributed by atoms with Crippen molar-refractivity contribution < 1.29 is 14.3 Å². The highest BCUT2D eigenvalue weighted by molar-refractivity contribution is 5.80. The summed E-state index contributed by atoms with van der Waals surface area (Å²) in [5.41, 5.74) is 0. The van der Waals surface area contributed by atoms with Gasteiger partial charge < -0.3 is 9.47 Å². The minimum absolute atomic E-state index is 0.183. The predicted octanol–water partition coefficient (Wildman–Crippen LogP) is 2.43. The van der Waals surface area contributed by atoms with Crippen molar-refractivity contribution in [1.29, 1.82) is 0 Å². The summed E-state index contributed by atoms with van der Waals surface area (Å²) in [6.07, 6.45) is 3.82. The first-order valence-corrected chi connectivity index (χ1v) is 5.78.